The van der Waals surface area contributed by atoms with Crippen molar-refractivity contribution in [3.8, 4) is 11.3 Å². The first kappa shape index (κ1) is 21.2. The molecule has 2 N–H and O–H groups in total. The molecule has 0 aliphatic rings. The van der Waals surface area contributed by atoms with Crippen molar-refractivity contribution in [2.75, 3.05) is 18.9 Å². The zero-order valence-electron chi connectivity index (χ0n) is 17.9. The lowest BCUT2D eigenvalue weighted by Gasteiger charge is -2.17. The zero-order valence-corrected chi connectivity index (χ0v) is 17.9. The molecule has 0 saturated carbocycles. The number of amides is 1. The summed E-state index contributed by atoms with van der Waals surface area (Å²) in [5.41, 5.74) is 3.96. The van der Waals surface area contributed by atoms with E-state index in [9.17, 15) is 9.18 Å². The van der Waals surface area contributed by atoms with Crippen molar-refractivity contribution in [2.24, 2.45) is 0 Å². The van der Waals surface area contributed by atoms with Crippen LogP contribution in [0.1, 0.15) is 34.5 Å². The van der Waals surface area contributed by atoms with Gasteiger partial charge >= 0.3 is 0 Å². The maximum Gasteiger partial charge on any atom is 0.251 e. The molecule has 3 heterocycles. The highest BCUT2D eigenvalue weighted by atomic mass is 19.1. The number of aromatic nitrogens is 5. The number of anilines is 1. The fraction of sp³-hybridized carbons (Fsp3) is 0.217. The second-order valence-electron chi connectivity index (χ2n) is 7.45. The van der Waals surface area contributed by atoms with Crippen molar-refractivity contribution in [2.45, 2.75) is 19.8 Å². The summed E-state index contributed by atoms with van der Waals surface area (Å²) in [6, 6.07) is 8.36. The molecule has 9 heteroatoms. The largest absolute Gasteiger partial charge is 0.369 e. The average Bonchev–Trinajstić information content (AvgIpc) is 2.82. The number of hydrogen-bond acceptors (Lipinski definition) is 7. The summed E-state index contributed by atoms with van der Waals surface area (Å²) in [4.78, 5) is 25.2. The van der Waals surface area contributed by atoms with E-state index in [2.05, 4.69) is 35.8 Å². The van der Waals surface area contributed by atoms with E-state index in [0.717, 1.165) is 22.5 Å². The predicted molar refractivity (Wildman–Crippen MR) is 120 cm³/mol. The van der Waals surface area contributed by atoms with E-state index in [-0.39, 0.29) is 22.8 Å². The number of benzene rings is 1. The van der Waals surface area contributed by atoms with Gasteiger partial charge in [-0.2, -0.15) is 10.2 Å². The van der Waals surface area contributed by atoms with Crippen LogP contribution in [-0.4, -0.2) is 44.6 Å². The Balaban J connectivity index is 1.59. The number of pyridine rings is 1. The van der Waals surface area contributed by atoms with E-state index >= 15 is 0 Å². The van der Waals surface area contributed by atoms with Gasteiger partial charge in [-0.05, 0) is 30.7 Å². The Bertz CT molecular complexity index is 1290. The van der Waals surface area contributed by atoms with Crippen LogP contribution < -0.4 is 10.6 Å². The minimum absolute atomic E-state index is 0.0335. The highest BCUT2D eigenvalue weighted by Crippen LogP contribution is 2.29. The monoisotopic (exact) mass is 431 g/mol. The maximum absolute atomic E-state index is 14.6. The molecule has 0 aliphatic heterocycles. The standard InChI is InChI=1S/C23H22FN7O/c1-13(10-27-20-9-19(28-12-29-20)15-8-14(2)31-30-11-15)16-4-5-18(24)21-17(23(32)25-3)6-7-26-22(16)21/h4-9,11-13H,10H2,1-3H3,(H,25,32)(H,27,28,29)/t13-/m1/s1. The minimum Gasteiger partial charge on any atom is -0.369 e. The van der Waals surface area contributed by atoms with E-state index in [0.29, 0.717) is 17.9 Å². The molecule has 4 rings (SSSR count). The molecule has 1 atom stereocenters. The second-order valence-corrected chi connectivity index (χ2v) is 7.45. The molecule has 1 aromatic carbocycles. The van der Waals surface area contributed by atoms with Gasteiger partial charge in [0.25, 0.3) is 5.91 Å². The summed E-state index contributed by atoms with van der Waals surface area (Å²) in [6.07, 6.45) is 4.67. The first-order chi connectivity index (χ1) is 15.5. The van der Waals surface area contributed by atoms with Crippen molar-refractivity contribution < 1.29 is 9.18 Å². The van der Waals surface area contributed by atoms with Crippen LogP contribution in [0.4, 0.5) is 10.2 Å². The first-order valence-corrected chi connectivity index (χ1v) is 10.1. The van der Waals surface area contributed by atoms with E-state index in [1.54, 1.807) is 12.3 Å². The Morgan fingerprint density at radius 3 is 2.78 bits per heavy atom. The van der Waals surface area contributed by atoms with Crippen LogP contribution in [0, 0.1) is 12.7 Å². The smallest absolute Gasteiger partial charge is 0.251 e. The highest BCUT2D eigenvalue weighted by Gasteiger charge is 2.18. The van der Waals surface area contributed by atoms with Crippen molar-refractivity contribution in [1.29, 1.82) is 0 Å². The number of fused-ring (bicyclic) bond motifs is 1. The normalized spacial score (nSPS) is 11.9. The molecule has 8 nitrogen and oxygen atoms in total. The Hall–Kier alpha value is -4.01. The van der Waals surface area contributed by atoms with Gasteiger partial charge < -0.3 is 10.6 Å². The van der Waals surface area contributed by atoms with Crippen molar-refractivity contribution >= 4 is 22.6 Å². The van der Waals surface area contributed by atoms with Crippen LogP contribution in [0.25, 0.3) is 22.2 Å². The lowest BCUT2D eigenvalue weighted by Crippen LogP contribution is -2.19. The third-order valence-corrected chi connectivity index (χ3v) is 5.20. The number of carbonyl (C=O) groups excluding carboxylic acids is 1. The second kappa shape index (κ2) is 9.01. The molecule has 162 valence electrons. The van der Waals surface area contributed by atoms with Gasteiger partial charge in [-0.1, -0.05) is 13.0 Å². The van der Waals surface area contributed by atoms with Gasteiger partial charge in [0, 0.05) is 42.7 Å². The third kappa shape index (κ3) is 4.22. The summed E-state index contributed by atoms with van der Waals surface area (Å²) in [5, 5.41) is 14.0. The van der Waals surface area contributed by atoms with Crippen molar-refractivity contribution in [1.82, 2.24) is 30.5 Å². The Morgan fingerprint density at radius 1 is 1.16 bits per heavy atom. The van der Waals surface area contributed by atoms with Crippen LogP contribution >= 0.6 is 0 Å². The Morgan fingerprint density at radius 2 is 2.00 bits per heavy atom. The van der Waals surface area contributed by atoms with Crippen molar-refractivity contribution in [3.63, 3.8) is 0 Å². The van der Waals surface area contributed by atoms with Crippen LogP contribution in [0.15, 0.2) is 49.1 Å². The van der Waals surface area contributed by atoms with Gasteiger partial charge in [-0.3, -0.25) is 9.78 Å². The van der Waals surface area contributed by atoms with Crippen LogP contribution in [-0.2, 0) is 0 Å². The predicted octanol–water partition coefficient (Wildman–Crippen LogP) is 3.50. The van der Waals surface area contributed by atoms with Gasteiger partial charge in [-0.25, -0.2) is 14.4 Å². The zero-order chi connectivity index (χ0) is 22.7. The molecule has 0 saturated heterocycles. The number of rotatable bonds is 6. The summed E-state index contributed by atoms with van der Waals surface area (Å²) in [6.45, 7) is 4.40. The van der Waals surface area contributed by atoms with Crippen LogP contribution in [0.3, 0.4) is 0 Å². The lowest BCUT2D eigenvalue weighted by molar-refractivity contribution is 0.0964. The van der Waals surface area contributed by atoms with E-state index in [4.69, 9.17) is 0 Å². The molecule has 0 fully saturated rings. The minimum atomic E-state index is -0.475. The van der Waals surface area contributed by atoms with Gasteiger partial charge in [0.05, 0.1) is 28.7 Å². The summed E-state index contributed by atoms with van der Waals surface area (Å²) >= 11 is 0. The maximum atomic E-state index is 14.6. The molecular weight excluding hydrogens is 409 g/mol. The molecule has 0 spiro atoms. The van der Waals surface area contributed by atoms with Crippen LogP contribution in [0.5, 0.6) is 0 Å². The molecule has 0 bridgehead atoms. The van der Waals surface area contributed by atoms with Gasteiger partial charge in [0.15, 0.2) is 0 Å². The molecule has 32 heavy (non-hydrogen) atoms. The van der Waals surface area contributed by atoms with Gasteiger partial charge in [0.1, 0.15) is 18.0 Å². The van der Waals surface area contributed by atoms with Crippen molar-refractivity contribution in [3.05, 3.63) is 71.7 Å². The van der Waals surface area contributed by atoms with Gasteiger partial charge in [-0.15, -0.1) is 0 Å². The SMILES string of the molecule is CNC(=O)c1ccnc2c([C@H](C)CNc3cc(-c4cnnc(C)c4)ncn3)ccc(F)c12. The third-order valence-electron chi connectivity index (χ3n) is 5.20. The molecule has 0 unspecified atom stereocenters. The number of hydrogen-bond donors (Lipinski definition) is 2. The highest BCUT2D eigenvalue weighted by molar-refractivity contribution is 6.06. The summed E-state index contributed by atoms with van der Waals surface area (Å²) < 4.78 is 14.6. The van der Waals surface area contributed by atoms with E-state index in [1.165, 1.54) is 31.7 Å². The fourth-order valence-electron chi connectivity index (χ4n) is 3.56. The first-order valence-electron chi connectivity index (χ1n) is 10.1. The number of nitrogens with one attached hydrogen (secondary N) is 2. The molecule has 0 aliphatic carbocycles. The number of nitrogens with zero attached hydrogens (tertiary/aromatic N) is 5. The molecule has 3 aromatic heterocycles. The quantitative estimate of drug-likeness (QED) is 0.481. The number of halogens is 1. The molecule has 0 radical (unpaired) electrons. The Labute approximate surface area is 184 Å². The Kier molecular flexibility index (Phi) is 5.98. The van der Waals surface area contributed by atoms with E-state index < -0.39 is 5.82 Å². The molecular formula is C23H22FN7O. The molecule has 4 aromatic rings. The topological polar surface area (TPSA) is 106 Å². The average molecular weight is 431 g/mol. The number of carbonyl (C=O) groups is 1. The fourth-order valence-corrected chi connectivity index (χ4v) is 3.56. The number of aryl methyl sites for hydroxylation is 1. The van der Waals surface area contributed by atoms with Gasteiger partial charge in [0.2, 0.25) is 0 Å². The molecule has 1 amide bonds. The summed E-state index contributed by atoms with van der Waals surface area (Å²) in [7, 11) is 1.52. The summed E-state index contributed by atoms with van der Waals surface area (Å²) in [5.74, 6) is -0.207. The lowest BCUT2D eigenvalue weighted by atomic mass is 9.95. The van der Waals surface area contributed by atoms with E-state index in [1.807, 2.05) is 26.0 Å². The van der Waals surface area contributed by atoms with Crippen LogP contribution in [0.2, 0.25) is 0 Å².